The van der Waals surface area contributed by atoms with Gasteiger partial charge in [0.15, 0.2) is 0 Å². The predicted molar refractivity (Wildman–Crippen MR) is 109 cm³/mol. The summed E-state index contributed by atoms with van der Waals surface area (Å²) in [7, 11) is 3.00. The Kier molecular flexibility index (Phi) is 6.72. The summed E-state index contributed by atoms with van der Waals surface area (Å²) in [5.74, 6) is 0.564. The maximum absolute atomic E-state index is 12.7. The van der Waals surface area contributed by atoms with Crippen LogP contribution in [0.15, 0.2) is 42.5 Å². The van der Waals surface area contributed by atoms with Crippen molar-refractivity contribution in [3.8, 4) is 11.5 Å². The van der Waals surface area contributed by atoms with E-state index in [-0.39, 0.29) is 17.9 Å². The molecule has 0 aromatic heterocycles. The third-order valence-electron chi connectivity index (χ3n) is 5.04. The zero-order chi connectivity index (χ0) is 20.8. The summed E-state index contributed by atoms with van der Waals surface area (Å²) in [5, 5.41) is 12.4. The molecule has 7 nitrogen and oxygen atoms in total. The predicted octanol–water partition coefficient (Wildman–Crippen LogP) is 2.48. The lowest BCUT2D eigenvalue weighted by Crippen LogP contribution is -2.40. The minimum atomic E-state index is -0.338. The highest BCUT2D eigenvalue weighted by atomic mass is 16.5. The molecule has 1 fully saturated rings. The van der Waals surface area contributed by atoms with E-state index in [0.717, 1.165) is 5.56 Å². The molecule has 2 amide bonds. The summed E-state index contributed by atoms with van der Waals surface area (Å²) in [6, 6.07) is 12.3. The maximum Gasteiger partial charge on any atom is 0.263 e. The zero-order valence-electron chi connectivity index (χ0n) is 16.7. The fraction of sp³-hybridized carbons (Fsp3) is 0.364. The van der Waals surface area contributed by atoms with E-state index in [9.17, 15) is 14.7 Å². The van der Waals surface area contributed by atoms with Crippen LogP contribution in [-0.2, 0) is 11.2 Å². The van der Waals surface area contributed by atoms with Gasteiger partial charge in [0.2, 0.25) is 5.91 Å². The zero-order valence-corrected chi connectivity index (χ0v) is 16.7. The smallest absolute Gasteiger partial charge is 0.263 e. The van der Waals surface area contributed by atoms with Crippen LogP contribution >= 0.6 is 0 Å². The second-order valence-electron chi connectivity index (χ2n) is 6.98. The van der Waals surface area contributed by atoms with Gasteiger partial charge < -0.3 is 24.8 Å². The molecule has 0 aliphatic carbocycles. The van der Waals surface area contributed by atoms with Gasteiger partial charge in [-0.15, -0.1) is 0 Å². The molecule has 29 heavy (non-hydrogen) atoms. The number of carbonyl (C=O) groups excluding carboxylic acids is 2. The molecule has 3 rings (SSSR count). The minimum absolute atomic E-state index is 0.0486. The number of nitrogens with one attached hydrogen (secondary N) is 1. The number of amides is 2. The maximum atomic E-state index is 12.7. The van der Waals surface area contributed by atoms with Crippen molar-refractivity contribution in [3.63, 3.8) is 0 Å². The number of anilines is 1. The molecule has 1 saturated heterocycles. The first-order chi connectivity index (χ1) is 14.0. The number of rotatable bonds is 6. The third kappa shape index (κ3) is 5.06. The lowest BCUT2D eigenvalue weighted by atomic mass is 10.1. The summed E-state index contributed by atoms with van der Waals surface area (Å²) < 4.78 is 10.6. The summed E-state index contributed by atoms with van der Waals surface area (Å²) in [5.41, 5.74) is 1.80. The van der Waals surface area contributed by atoms with Crippen molar-refractivity contribution in [1.29, 1.82) is 0 Å². The number of piperidine rings is 1. The van der Waals surface area contributed by atoms with Gasteiger partial charge in [0, 0.05) is 18.8 Å². The normalized spacial score (nSPS) is 14.4. The molecule has 1 aliphatic heterocycles. The Morgan fingerprint density at radius 2 is 1.62 bits per heavy atom. The highest BCUT2D eigenvalue weighted by Crippen LogP contribution is 2.29. The second-order valence-corrected chi connectivity index (χ2v) is 6.98. The van der Waals surface area contributed by atoms with Crippen molar-refractivity contribution < 1.29 is 24.2 Å². The molecule has 1 heterocycles. The third-order valence-corrected chi connectivity index (χ3v) is 5.04. The van der Waals surface area contributed by atoms with E-state index < -0.39 is 0 Å². The first kappa shape index (κ1) is 20.7. The van der Waals surface area contributed by atoms with Crippen molar-refractivity contribution >= 4 is 17.5 Å². The Hall–Kier alpha value is -3.06. The van der Waals surface area contributed by atoms with Crippen LogP contribution < -0.4 is 14.8 Å². The molecule has 2 N–H and O–H groups in total. The van der Waals surface area contributed by atoms with Crippen molar-refractivity contribution in [1.82, 2.24) is 4.90 Å². The Balaban J connectivity index is 1.64. The Morgan fingerprint density at radius 3 is 2.17 bits per heavy atom. The van der Waals surface area contributed by atoms with Crippen LogP contribution in [0.2, 0.25) is 0 Å². The lowest BCUT2D eigenvalue weighted by Gasteiger charge is -2.29. The second kappa shape index (κ2) is 9.43. The molecule has 7 heteroatoms. The van der Waals surface area contributed by atoms with Gasteiger partial charge in [-0.05, 0) is 42.7 Å². The minimum Gasteiger partial charge on any atom is -0.496 e. The van der Waals surface area contributed by atoms with Crippen molar-refractivity contribution in [2.75, 3.05) is 32.6 Å². The largest absolute Gasteiger partial charge is 0.496 e. The van der Waals surface area contributed by atoms with Gasteiger partial charge in [0.1, 0.15) is 17.1 Å². The van der Waals surface area contributed by atoms with E-state index in [4.69, 9.17) is 9.47 Å². The number of nitrogens with zero attached hydrogens (tertiary/aromatic N) is 1. The van der Waals surface area contributed by atoms with Gasteiger partial charge in [0.25, 0.3) is 5.91 Å². The molecule has 0 radical (unpaired) electrons. The summed E-state index contributed by atoms with van der Waals surface area (Å²) >= 11 is 0. The van der Waals surface area contributed by atoms with E-state index in [0.29, 0.717) is 55.1 Å². The number of hydrogen-bond acceptors (Lipinski definition) is 5. The molecule has 0 atom stereocenters. The molecule has 154 valence electrons. The number of benzene rings is 2. The van der Waals surface area contributed by atoms with Crippen molar-refractivity contribution in [2.24, 2.45) is 0 Å². The molecule has 0 saturated carbocycles. The highest BCUT2D eigenvalue weighted by Gasteiger charge is 2.21. The topological polar surface area (TPSA) is 88.1 Å². The average Bonchev–Trinajstić information content (AvgIpc) is 2.74. The monoisotopic (exact) mass is 398 g/mol. The Morgan fingerprint density at radius 1 is 1.03 bits per heavy atom. The first-order valence-corrected chi connectivity index (χ1v) is 9.59. The standard InChI is InChI=1S/C22H26N2O5/c1-28-18-4-3-5-19(29-2)21(18)22(27)23-16-8-6-15(7-9-16)14-20(26)24-12-10-17(25)11-13-24/h3-9,17,25H,10-14H2,1-2H3,(H,23,27). The van der Waals surface area contributed by atoms with Crippen molar-refractivity contribution in [2.45, 2.75) is 25.4 Å². The van der Waals surface area contributed by atoms with Gasteiger partial charge in [-0.3, -0.25) is 9.59 Å². The van der Waals surface area contributed by atoms with Crippen LogP contribution in [0.4, 0.5) is 5.69 Å². The number of likely N-dealkylation sites (tertiary alicyclic amines) is 1. The van der Waals surface area contributed by atoms with Crippen LogP contribution in [0.5, 0.6) is 11.5 Å². The molecular weight excluding hydrogens is 372 g/mol. The number of carbonyl (C=O) groups is 2. The number of ether oxygens (including phenoxy) is 2. The number of hydrogen-bond donors (Lipinski definition) is 2. The molecule has 2 aromatic rings. The van der Waals surface area contributed by atoms with Crippen LogP contribution in [0.3, 0.4) is 0 Å². The number of aliphatic hydroxyl groups is 1. The van der Waals surface area contributed by atoms with Gasteiger partial charge in [-0.25, -0.2) is 0 Å². The molecule has 0 spiro atoms. The van der Waals surface area contributed by atoms with E-state index >= 15 is 0 Å². The quantitative estimate of drug-likeness (QED) is 0.781. The Labute approximate surface area is 170 Å². The van der Waals surface area contributed by atoms with Crippen LogP contribution in [-0.4, -0.2) is 55.2 Å². The highest BCUT2D eigenvalue weighted by molar-refractivity contribution is 6.08. The van der Waals surface area contributed by atoms with Crippen LogP contribution in [0.1, 0.15) is 28.8 Å². The van der Waals surface area contributed by atoms with Crippen LogP contribution in [0.25, 0.3) is 0 Å². The Bertz CT molecular complexity index is 836. The molecule has 2 aromatic carbocycles. The summed E-state index contributed by atoms with van der Waals surface area (Å²) in [6.45, 7) is 1.18. The summed E-state index contributed by atoms with van der Waals surface area (Å²) in [4.78, 5) is 26.9. The van der Waals surface area contributed by atoms with Gasteiger partial charge in [0.05, 0.1) is 26.7 Å². The molecule has 0 unspecified atom stereocenters. The molecule has 0 bridgehead atoms. The van der Waals surface area contributed by atoms with Crippen molar-refractivity contribution in [3.05, 3.63) is 53.6 Å². The average molecular weight is 398 g/mol. The van der Waals surface area contributed by atoms with Crippen LogP contribution in [0, 0.1) is 0 Å². The lowest BCUT2D eigenvalue weighted by molar-refractivity contribution is -0.132. The van der Waals surface area contributed by atoms with Gasteiger partial charge >= 0.3 is 0 Å². The van der Waals surface area contributed by atoms with E-state index in [1.165, 1.54) is 14.2 Å². The van der Waals surface area contributed by atoms with E-state index in [1.54, 1.807) is 35.2 Å². The number of aliphatic hydroxyl groups excluding tert-OH is 1. The fourth-order valence-corrected chi connectivity index (χ4v) is 3.38. The first-order valence-electron chi connectivity index (χ1n) is 9.59. The SMILES string of the molecule is COc1cccc(OC)c1C(=O)Nc1ccc(CC(=O)N2CCC(O)CC2)cc1. The number of methoxy groups -OCH3 is 2. The van der Waals surface area contributed by atoms with Gasteiger partial charge in [-0.1, -0.05) is 18.2 Å². The van der Waals surface area contributed by atoms with E-state index in [2.05, 4.69) is 5.32 Å². The van der Waals surface area contributed by atoms with Gasteiger partial charge in [-0.2, -0.15) is 0 Å². The molecular formula is C22H26N2O5. The summed E-state index contributed by atoms with van der Waals surface area (Å²) in [6.07, 6.45) is 1.25. The van der Waals surface area contributed by atoms with E-state index in [1.807, 2.05) is 12.1 Å². The fourth-order valence-electron chi connectivity index (χ4n) is 3.38. The molecule has 1 aliphatic rings.